The second kappa shape index (κ2) is 12.7. The Morgan fingerprint density at radius 2 is 1.76 bits per heavy atom. The fourth-order valence-corrected chi connectivity index (χ4v) is 2.77. The minimum absolute atomic E-state index is 0.0714. The van der Waals surface area contributed by atoms with Crippen molar-refractivity contribution in [3.63, 3.8) is 0 Å². The molecule has 5 heteroatoms. The van der Waals surface area contributed by atoms with Crippen molar-refractivity contribution in [1.29, 1.82) is 0 Å². The number of hydrogen-bond donors (Lipinski definition) is 3. The van der Waals surface area contributed by atoms with E-state index in [0.29, 0.717) is 12.1 Å². The van der Waals surface area contributed by atoms with Crippen LogP contribution in [-0.4, -0.2) is 36.4 Å². The number of phenols is 1. The molecule has 1 atom stereocenters. The maximum Gasteiger partial charge on any atom is 0.341 e. The minimum atomic E-state index is -0.724. The molecule has 0 bridgehead atoms. The third-order valence-electron chi connectivity index (χ3n) is 4.36. The van der Waals surface area contributed by atoms with Crippen molar-refractivity contribution in [3.05, 3.63) is 29.3 Å². The van der Waals surface area contributed by atoms with E-state index >= 15 is 0 Å². The van der Waals surface area contributed by atoms with Gasteiger partial charge in [-0.15, -0.1) is 0 Å². The average molecular weight is 351 g/mol. The Labute approximate surface area is 151 Å². The van der Waals surface area contributed by atoms with Crippen LogP contribution in [0.25, 0.3) is 0 Å². The molecule has 0 spiro atoms. The second-order valence-electron chi connectivity index (χ2n) is 6.46. The van der Waals surface area contributed by atoms with Gasteiger partial charge in [0.2, 0.25) is 0 Å². The highest BCUT2D eigenvalue weighted by Gasteiger charge is 2.15. The number of methoxy groups -OCH3 is 1. The summed E-state index contributed by atoms with van der Waals surface area (Å²) in [7, 11) is 1.26. The van der Waals surface area contributed by atoms with Crippen LogP contribution < -0.4 is 5.32 Å². The summed E-state index contributed by atoms with van der Waals surface area (Å²) in [4.78, 5) is 11.6. The minimum Gasteiger partial charge on any atom is -0.507 e. The first-order chi connectivity index (χ1) is 12.1. The predicted octanol–water partition coefficient (Wildman–Crippen LogP) is 3.94. The molecular weight excluding hydrogens is 318 g/mol. The number of aliphatic hydroxyl groups excluding tert-OH is 1. The third kappa shape index (κ3) is 8.36. The van der Waals surface area contributed by atoms with Gasteiger partial charge >= 0.3 is 5.97 Å². The molecule has 3 N–H and O–H groups in total. The molecule has 0 radical (unpaired) electrons. The zero-order valence-electron chi connectivity index (χ0n) is 15.6. The van der Waals surface area contributed by atoms with Gasteiger partial charge in [-0.2, -0.15) is 0 Å². The van der Waals surface area contributed by atoms with Gasteiger partial charge in [0.15, 0.2) is 0 Å². The molecule has 0 aliphatic rings. The van der Waals surface area contributed by atoms with Crippen LogP contribution in [0.15, 0.2) is 18.2 Å². The average Bonchev–Trinajstić information content (AvgIpc) is 2.62. The molecule has 1 unspecified atom stereocenters. The molecule has 5 nitrogen and oxygen atoms in total. The van der Waals surface area contributed by atoms with E-state index in [1.165, 1.54) is 64.2 Å². The Morgan fingerprint density at radius 1 is 1.12 bits per heavy atom. The first kappa shape index (κ1) is 21.5. The zero-order chi connectivity index (χ0) is 18.5. The molecular formula is C20H33NO4. The van der Waals surface area contributed by atoms with E-state index in [0.717, 1.165) is 13.0 Å². The topological polar surface area (TPSA) is 78.8 Å². The number of phenolic OH excluding ortho intramolecular Hbond substituents is 1. The number of nitrogens with one attached hydrogen (secondary N) is 1. The van der Waals surface area contributed by atoms with Gasteiger partial charge in [0.25, 0.3) is 0 Å². The highest BCUT2D eigenvalue weighted by Crippen LogP contribution is 2.23. The van der Waals surface area contributed by atoms with E-state index in [1.807, 2.05) is 0 Å². The lowest BCUT2D eigenvalue weighted by Gasteiger charge is -2.14. The summed E-state index contributed by atoms with van der Waals surface area (Å²) >= 11 is 0. The summed E-state index contributed by atoms with van der Waals surface area (Å²) in [6.07, 6.45) is 9.48. The summed E-state index contributed by atoms with van der Waals surface area (Å²) in [5.41, 5.74) is 0.656. The van der Waals surface area contributed by atoms with E-state index in [9.17, 15) is 15.0 Å². The van der Waals surface area contributed by atoms with Crippen molar-refractivity contribution in [1.82, 2.24) is 5.32 Å². The first-order valence-corrected chi connectivity index (χ1v) is 9.40. The Balaban J connectivity index is 2.22. The Morgan fingerprint density at radius 3 is 2.40 bits per heavy atom. The number of rotatable bonds is 13. The molecule has 0 amide bonds. The summed E-state index contributed by atoms with van der Waals surface area (Å²) in [6.45, 7) is 3.52. The van der Waals surface area contributed by atoms with Gasteiger partial charge in [0.05, 0.1) is 13.2 Å². The second-order valence-corrected chi connectivity index (χ2v) is 6.46. The van der Waals surface area contributed by atoms with Crippen LogP contribution in [0.5, 0.6) is 5.75 Å². The number of ether oxygens (including phenoxy) is 1. The molecule has 0 saturated heterocycles. The van der Waals surface area contributed by atoms with Gasteiger partial charge < -0.3 is 20.3 Å². The van der Waals surface area contributed by atoms with Gasteiger partial charge in [-0.1, -0.05) is 57.9 Å². The maximum absolute atomic E-state index is 11.6. The van der Waals surface area contributed by atoms with Crippen molar-refractivity contribution < 1.29 is 19.7 Å². The lowest BCUT2D eigenvalue weighted by Crippen LogP contribution is -2.22. The number of aromatic hydroxyl groups is 1. The molecule has 0 aliphatic carbocycles. The van der Waals surface area contributed by atoms with Crippen LogP contribution in [0.4, 0.5) is 0 Å². The molecule has 142 valence electrons. The van der Waals surface area contributed by atoms with Crippen LogP contribution in [0, 0.1) is 0 Å². The fraction of sp³-hybridized carbons (Fsp3) is 0.650. The molecule has 0 saturated carbocycles. The van der Waals surface area contributed by atoms with Gasteiger partial charge in [0, 0.05) is 6.54 Å². The number of esters is 1. The fourth-order valence-electron chi connectivity index (χ4n) is 2.77. The number of benzene rings is 1. The van der Waals surface area contributed by atoms with E-state index in [1.54, 1.807) is 6.07 Å². The molecule has 1 aromatic rings. The number of carbonyl (C=O) groups is 1. The molecule has 0 aromatic heterocycles. The van der Waals surface area contributed by atoms with Crippen molar-refractivity contribution >= 4 is 5.97 Å². The number of unbranched alkanes of at least 4 members (excludes halogenated alkanes) is 7. The highest BCUT2D eigenvalue weighted by molar-refractivity contribution is 5.92. The third-order valence-corrected chi connectivity index (χ3v) is 4.36. The van der Waals surface area contributed by atoms with Crippen LogP contribution >= 0.6 is 0 Å². The van der Waals surface area contributed by atoms with E-state index in [2.05, 4.69) is 17.0 Å². The Bertz CT molecular complexity index is 504. The van der Waals surface area contributed by atoms with Crippen LogP contribution in [0.2, 0.25) is 0 Å². The smallest absolute Gasteiger partial charge is 0.341 e. The van der Waals surface area contributed by atoms with Crippen molar-refractivity contribution in [2.24, 2.45) is 0 Å². The largest absolute Gasteiger partial charge is 0.507 e. The van der Waals surface area contributed by atoms with Crippen LogP contribution in [-0.2, 0) is 4.74 Å². The molecule has 0 aliphatic heterocycles. The lowest BCUT2D eigenvalue weighted by atomic mass is 10.0. The standard InChI is InChI=1S/C20H33NO4/c1-3-4-5-6-7-8-9-10-13-21-15-19(23)16-11-12-18(22)17(14-16)20(24)25-2/h11-12,14,19,21-23H,3-10,13,15H2,1-2H3. The zero-order valence-corrected chi connectivity index (χ0v) is 15.6. The van der Waals surface area contributed by atoms with Crippen molar-refractivity contribution in [2.45, 2.75) is 64.4 Å². The van der Waals surface area contributed by atoms with E-state index in [-0.39, 0.29) is 11.3 Å². The van der Waals surface area contributed by atoms with Crippen molar-refractivity contribution in [2.75, 3.05) is 20.2 Å². The maximum atomic E-state index is 11.6. The van der Waals surface area contributed by atoms with Gasteiger partial charge in [-0.05, 0) is 30.7 Å². The molecule has 25 heavy (non-hydrogen) atoms. The Hall–Kier alpha value is -1.59. The predicted molar refractivity (Wildman–Crippen MR) is 99.9 cm³/mol. The van der Waals surface area contributed by atoms with Gasteiger partial charge in [-0.3, -0.25) is 0 Å². The Kier molecular flexibility index (Phi) is 10.9. The molecule has 1 aromatic carbocycles. The normalized spacial score (nSPS) is 12.1. The summed E-state index contributed by atoms with van der Waals surface area (Å²) < 4.78 is 4.62. The number of hydrogen-bond acceptors (Lipinski definition) is 5. The van der Waals surface area contributed by atoms with Gasteiger partial charge in [0.1, 0.15) is 11.3 Å². The van der Waals surface area contributed by atoms with Gasteiger partial charge in [-0.25, -0.2) is 4.79 Å². The van der Waals surface area contributed by atoms with Crippen LogP contribution in [0.3, 0.4) is 0 Å². The quantitative estimate of drug-likeness (QED) is 0.370. The summed E-state index contributed by atoms with van der Waals surface area (Å²) in [5, 5.41) is 23.1. The summed E-state index contributed by atoms with van der Waals surface area (Å²) in [5.74, 6) is -0.756. The van der Waals surface area contributed by atoms with Crippen LogP contribution in [0.1, 0.15) is 80.3 Å². The molecule has 0 heterocycles. The number of aliphatic hydroxyl groups is 1. The van der Waals surface area contributed by atoms with E-state index < -0.39 is 12.1 Å². The lowest BCUT2D eigenvalue weighted by molar-refractivity contribution is 0.0597. The summed E-state index contributed by atoms with van der Waals surface area (Å²) in [6, 6.07) is 4.50. The highest BCUT2D eigenvalue weighted by atomic mass is 16.5. The van der Waals surface area contributed by atoms with E-state index in [4.69, 9.17) is 0 Å². The number of carbonyl (C=O) groups excluding carboxylic acids is 1. The molecule has 0 fully saturated rings. The van der Waals surface area contributed by atoms with Crippen molar-refractivity contribution in [3.8, 4) is 5.75 Å². The SMILES string of the molecule is CCCCCCCCCCNCC(O)c1ccc(O)c(C(=O)OC)c1. The monoisotopic (exact) mass is 351 g/mol. The molecule has 1 rings (SSSR count). The first-order valence-electron chi connectivity index (χ1n) is 9.40.